The molecule has 4 heteroatoms. The average Bonchev–Trinajstić information content (AvgIpc) is 2.33. The summed E-state index contributed by atoms with van der Waals surface area (Å²) < 4.78 is 10.6. The second-order valence-corrected chi connectivity index (χ2v) is 3.96. The first-order valence-corrected chi connectivity index (χ1v) is 5.52. The molecular formula is C12H18N2O2. The lowest BCUT2D eigenvalue weighted by Gasteiger charge is -2.27. The molecule has 0 saturated carbocycles. The first-order chi connectivity index (χ1) is 7.79. The minimum Gasteiger partial charge on any atom is -0.496 e. The summed E-state index contributed by atoms with van der Waals surface area (Å²) in [5.41, 5.74) is 7.64. The summed E-state index contributed by atoms with van der Waals surface area (Å²) in [6.07, 6.45) is 0. The minimum atomic E-state index is 0.738. The van der Waals surface area contributed by atoms with E-state index in [9.17, 15) is 0 Å². The summed E-state index contributed by atoms with van der Waals surface area (Å²) in [6, 6.07) is 5.82. The first-order valence-electron chi connectivity index (χ1n) is 5.52. The Morgan fingerprint density at radius 3 is 2.81 bits per heavy atom. The van der Waals surface area contributed by atoms with Crippen molar-refractivity contribution < 1.29 is 9.47 Å². The monoisotopic (exact) mass is 222 g/mol. The van der Waals surface area contributed by atoms with E-state index in [0.29, 0.717) is 0 Å². The molecule has 2 rings (SSSR count). The highest BCUT2D eigenvalue weighted by atomic mass is 16.5. The molecule has 2 N–H and O–H groups in total. The van der Waals surface area contributed by atoms with E-state index in [2.05, 4.69) is 4.90 Å². The second-order valence-electron chi connectivity index (χ2n) is 3.96. The maximum Gasteiger partial charge on any atom is 0.125 e. The maximum atomic E-state index is 5.72. The Bertz CT molecular complexity index is 349. The van der Waals surface area contributed by atoms with Crippen molar-refractivity contribution in [3.63, 3.8) is 0 Å². The van der Waals surface area contributed by atoms with Gasteiger partial charge < -0.3 is 15.2 Å². The fourth-order valence-corrected chi connectivity index (χ4v) is 1.89. The molecule has 1 saturated heterocycles. The second kappa shape index (κ2) is 5.18. The maximum absolute atomic E-state index is 5.72. The molecule has 0 atom stereocenters. The third-order valence-corrected chi connectivity index (χ3v) is 2.81. The fourth-order valence-electron chi connectivity index (χ4n) is 1.89. The number of methoxy groups -OCH3 is 1. The number of nitrogens with zero attached hydrogens (tertiary/aromatic N) is 1. The van der Waals surface area contributed by atoms with E-state index in [1.807, 2.05) is 18.2 Å². The van der Waals surface area contributed by atoms with E-state index in [1.165, 1.54) is 5.56 Å². The summed E-state index contributed by atoms with van der Waals surface area (Å²) in [7, 11) is 1.68. The Balaban J connectivity index is 2.07. The van der Waals surface area contributed by atoms with Crippen LogP contribution >= 0.6 is 0 Å². The van der Waals surface area contributed by atoms with Gasteiger partial charge >= 0.3 is 0 Å². The zero-order valence-corrected chi connectivity index (χ0v) is 9.61. The smallest absolute Gasteiger partial charge is 0.125 e. The number of morpholine rings is 1. The van der Waals surface area contributed by atoms with Crippen molar-refractivity contribution in [3.05, 3.63) is 23.8 Å². The Morgan fingerprint density at radius 1 is 1.38 bits per heavy atom. The predicted octanol–water partition coefficient (Wildman–Crippen LogP) is 1.11. The summed E-state index contributed by atoms with van der Waals surface area (Å²) >= 11 is 0. The van der Waals surface area contributed by atoms with Crippen LogP contribution in [0.2, 0.25) is 0 Å². The lowest BCUT2D eigenvalue weighted by Crippen LogP contribution is -2.35. The summed E-state index contributed by atoms with van der Waals surface area (Å²) in [6.45, 7) is 4.49. The van der Waals surface area contributed by atoms with Crippen LogP contribution in [0.25, 0.3) is 0 Å². The van der Waals surface area contributed by atoms with E-state index in [-0.39, 0.29) is 0 Å². The number of nitrogens with two attached hydrogens (primary N) is 1. The van der Waals surface area contributed by atoms with Crippen LogP contribution in [0, 0.1) is 0 Å². The van der Waals surface area contributed by atoms with Crippen LogP contribution in [0.15, 0.2) is 18.2 Å². The average molecular weight is 222 g/mol. The third kappa shape index (κ3) is 2.65. The quantitative estimate of drug-likeness (QED) is 0.778. The van der Waals surface area contributed by atoms with Gasteiger partial charge in [0.2, 0.25) is 0 Å². The van der Waals surface area contributed by atoms with Crippen molar-refractivity contribution in [2.75, 3.05) is 39.1 Å². The molecule has 1 fully saturated rings. The topological polar surface area (TPSA) is 47.7 Å². The van der Waals surface area contributed by atoms with Gasteiger partial charge in [0.1, 0.15) is 5.75 Å². The van der Waals surface area contributed by atoms with Crippen molar-refractivity contribution >= 4 is 5.69 Å². The molecule has 88 valence electrons. The summed E-state index contributed by atoms with van der Waals surface area (Å²) in [5.74, 6) is 0.867. The van der Waals surface area contributed by atoms with Gasteiger partial charge in [-0.2, -0.15) is 0 Å². The summed E-state index contributed by atoms with van der Waals surface area (Å²) in [4.78, 5) is 2.36. The van der Waals surface area contributed by atoms with Gasteiger partial charge in [-0.05, 0) is 6.07 Å². The molecule has 0 spiro atoms. The fraction of sp³-hybridized carbons (Fsp3) is 0.500. The number of nitrogen functional groups attached to an aromatic ring is 1. The number of anilines is 1. The lowest BCUT2D eigenvalue weighted by molar-refractivity contribution is 0.0339. The van der Waals surface area contributed by atoms with E-state index in [0.717, 1.165) is 44.3 Å². The molecule has 0 aliphatic carbocycles. The van der Waals surface area contributed by atoms with Gasteiger partial charge in [0.25, 0.3) is 0 Å². The number of ether oxygens (including phenoxy) is 2. The van der Waals surface area contributed by atoms with Gasteiger partial charge in [-0.25, -0.2) is 0 Å². The van der Waals surface area contributed by atoms with E-state index in [1.54, 1.807) is 7.11 Å². The normalized spacial score (nSPS) is 17.3. The Labute approximate surface area is 95.9 Å². The molecule has 1 aromatic rings. The number of hydrogen-bond acceptors (Lipinski definition) is 4. The van der Waals surface area contributed by atoms with Gasteiger partial charge in [0.05, 0.1) is 20.3 Å². The van der Waals surface area contributed by atoms with Crippen LogP contribution in [0.3, 0.4) is 0 Å². The van der Waals surface area contributed by atoms with Gasteiger partial charge in [-0.3, -0.25) is 4.90 Å². The predicted molar refractivity (Wildman–Crippen MR) is 63.5 cm³/mol. The van der Waals surface area contributed by atoms with E-state index in [4.69, 9.17) is 15.2 Å². The molecule has 4 nitrogen and oxygen atoms in total. The molecule has 1 aliphatic heterocycles. The zero-order valence-electron chi connectivity index (χ0n) is 9.61. The van der Waals surface area contributed by atoms with Gasteiger partial charge in [0, 0.05) is 37.0 Å². The molecule has 1 heterocycles. The molecule has 1 aliphatic rings. The molecular weight excluding hydrogens is 204 g/mol. The lowest BCUT2D eigenvalue weighted by atomic mass is 10.1. The van der Waals surface area contributed by atoms with Gasteiger partial charge in [0.15, 0.2) is 0 Å². The number of rotatable bonds is 3. The Hall–Kier alpha value is -1.26. The Kier molecular flexibility index (Phi) is 3.64. The highest BCUT2D eigenvalue weighted by Gasteiger charge is 2.13. The van der Waals surface area contributed by atoms with Crippen LogP contribution in [-0.2, 0) is 11.3 Å². The van der Waals surface area contributed by atoms with Crippen LogP contribution in [0.1, 0.15) is 5.56 Å². The minimum absolute atomic E-state index is 0.738. The van der Waals surface area contributed by atoms with Gasteiger partial charge in [-0.1, -0.05) is 6.07 Å². The molecule has 0 bridgehead atoms. The van der Waals surface area contributed by atoms with Crippen molar-refractivity contribution in [1.82, 2.24) is 4.90 Å². The van der Waals surface area contributed by atoms with Crippen LogP contribution in [0.5, 0.6) is 5.75 Å². The molecule has 16 heavy (non-hydrogen) atoms. The van der Waals surface area contributed by atoms with Crippen molar-refractivity contribution in [2.24, 2.45) is 0 Å². The van der Waals surface area contributed by atoms with Crippen LogP contribution < -0.4 is 10.5 Å². The number of benzene rings is 1. The zero-order chi connectivity index (χ0) is 11.4. The van der Waals surface area contributed by atoms with Crippen molar-refractivity contribution in [1.29, 1.82) is 0 Å². The summed E-state index contributed by atoms with van der Waals surface area (Å²) in [5, 5.41) is 0. The molecule has 0 radical (unpaired) electrons. The largest absolute Gasteiger partial charge is 0.496 e. The highest BCUT2D eigenvalue weighted by molar-refractivity contribution is 5.48. The van der Waals surface area contributed by atoms with Crippen molar-refractivity contribution in [2.45, 2.75) is 6.54 Å². The highest BCUT2D eigenvalue weighted by Crippen LogP contribution is 2.23. The van der Waals surface area contributed by atoms with Crippen LogP contribution in [0.4, 0.5) is 5.69 Å². The number of hydrogen-bond donors (Lipinski definition) is 1. The SMILES string of the molecule is COc1cc(N)ccc1CN1CCOCC1. The van der Waals surface area contributed by atoms with E-state index >= 15 is 0 Å². The standard InChI is InChI=1S/C12H18N2O2/c1-15-12-8-11(13)3-2-10(12)9-14-4-6-16-7-5-14/h2-3,8H,4-7,9,13H2,1H3. The third-order valence-electron chi connectivity index (χ3n) is 2.81. The first kappa shape index (κ1) is 11.2. The van der Waals surface area contributed by atoms with Crippen LogP contribution in [-0.4, -0.2) is 38.3 Å². The molecule has 1 aromatic carbocycles. The Morgan fingerprint density at radius 2 is 2.12 bits per heavy atom. The molecule has 0 aromatic heterocycles. The van der Waals surface area contributed by atoms with E-state index < -0.39 is 0 Å². The molecule has 0 unspecified atom stereocenters. The van der Waals surface area contributed by atoms with Crippen molar-refractivity contribution in [3.8, 4) is 5.75 Å². The molecule has 0 amide bonds. The van der Waals surface area contributed by atoms with Gasteiger partial charge in [-0.15, -0.1) is 0 Å².